The van der Waals surface area contributed by atoms with Gasteiger partial charge in [0.15, 0.2) is 0 Å². The maximum atomic E-state index is 11.0. The van der Waals surface area contributed by atoms with Crippen LogP contribution in [0.4, 0.5) is 11.6 Å². The Morgan fingerprint density at radius 1 is 1.30 bits per heavy atom. The normalized spacial score (nSPS) is 11.2. The van der Waals surface area contributed by atoms with E-state index >= 15 is 0 Å². The second kappa shape index (κ2) is 5.57. The minimum absolute atomic E-state index is 0.0124. The topological polar surface area (TPSA) is 114 Å². The molecule has 106 valence electrons. The number of anilines is 2. The maximum Gasteiger partial charge on any atom is 0.322 e. The molecule has 1 aromatic carbocycles. The van der Waals surface area contributed by atoms with Crippen LogP contribution in [0.3, 0.4) is 0 Å². The predicted octanol–water partition coefficient (Wildman–Crippen LogP) is 1.52. The summed E-state index contributed by atoms with van der Waals surface area (Å²) in [4.78, 5) is 11.1. The molecule has 0 saturated carbocycles. The van der Waals surface area contributed by atoms with E-state index in [1.165, 1.54) is 25.3 Å². The van der Waals surface area contributed by atoms with E-state index in [1.54, 1.807) is 6.07 Å². The summed E-state index contributed by atoms with van der Waals surface area (Å²) in [6.45, 7) is 0. The van der Waals surface area contributed by atoms with Gasteiger partial charge in [0, 0.05) is 5.69 Å². The number of rotatable bonds is 4. The first kappa shape index (κ1) is 14.4. The summed E-state index contributed by atoms with van der Waals surface area (Å²) in [5.74, 6) is 0.0781. The van der Waals surface area contributed by atoms with Gasteiger partial charge in [-0.1, -0.05) is 6.07 Å². The molecule has 2 rings (SSSR count). The Morgan fingerprint density at radius 2 is 2.05 bits per heavy atom. The van der Waals surface area contributed by atoms with Crippen molar-refractivity contribution in [2.75, 3.05) is 12.4 Å². The molecular formula is C10H9ClN4O4S. The average molecular weight is 317 g/mol. The van der Waals surface area contributed by atoms with Crippen LogP contribution >= 0.6 is 11.6 Å². The van der Waals surface area contributed by atoms with E-state index in [4.69, 9.17) is 20.9 Å². The third-order valence-electron chi connectivity index (χ3n) is 2.16. The highest BCUT2D eigenvalue weighted by atomic mass is 35.5. The Labute approximate surface area is 119 Å². The standard InChI is InChI=1S/C10H9ClN4O4S/c1-19-10-14-8(11)13-9(15-10)12-6-3-2-4-7(5-6)20(16,17)18/h2-5H,1H3,(H,16,17,18)(H,12,13,14,15). The van der Waals surface area contributed by atoms with Crippen LogP contribution < -0.4 is 10.1 Å². The predicted molar refractivity (Wildman–Crippen MR) is 70.9 cm³/mol. The van der Waals surface area contributed by atoms with Crippen LogP contribution in [-0.4, -0.2) is 35.0 Å². The number of methoxy groups -OCH3 is 1. The third-order valence-corrected chi connectivity index (χ3v) is 3.18. The van der Waals surface area contributed by atoms with Crippen LogP contribution in [0.15, 0.2) is 29.2 Å². The molecule has 20 heavy (non-hydrogen) atoms. The van der Waals surface area contributed by atoms with Gasteiger partial charge in [-0.05, 0) is 29.8 Å². The molecule has 2 aromatic rings. The zero-order valence-electron chi connectivity index (χ0n) is 10.1. The molecule has 0 amide bonds. The van der Waals surface area contributed by atoms with Gasteiger partial charge in [-0.3, -0.25) is 4.55 Å². The van der Waals surface area contributed by atoms with Crippen molar-refractivity contribution in [1.82, 2.24) is 15.0 Å². The van der Waals surface area contributed by atoms with Gasteiger partial charge >= 0.3 is 6.01 Å². The lowest BCUT2D eigenvalue weighted by atomic mass is 10.3. The first-order valence-electron chi connectivity index (χ1n) is 5.18. The van der Waals surface area contributed by atoms with Crippen LogP contribution in [0, 0.1) is 0 Å². The van der Waals surface area contributed by atoms with Crippen LogP contribution in [0.1, 0.15) is 0 Å². The molecule has 0 radical (unpaired) electrons. The molecule has 0 aliphatic rings. The lowest BCUT2D eigenvalue weighted by Gasteiger charge is -2.07. The smallest absolute Gasteiger partial charge is 0.322 e. The molecule has 0 spiro atoms. The number of ether oxygens (including phenoxy) is 1. The molecule has 0 unspecified atom stereocenters. The van der Waals surface area contributed by atoms with Crippen LogP contribution in [0.5, 0.6) is 6.01 Å². The molecule has 0 aliphatic carbocycles. The van der Waals surface area contributed by atoms with Gasteiger partial charge in [-0.25, -0.2) is 0 Å². The van der Waals surface area contributed by atoms with Crippen molar-refractivity contribution in [3.63, 3.8) is 0 Å². The van der Waals surface area contributed by atoms with E-state index < -0.39 is 10.1 Å². The molecule has 1 aromatic heterocycles. The minimum Gasteiger partial charge on any atom is -0.467 e. The van der Waals surface area contributed by atoms with Crippen molar-refractivity contribution in [2.45, 2.75) is 4.90 Å². The highest BCUT2D eigenvalue weighted by Gasteiger charge is 2.11. The molecule has 2 N–H and O–H groups in total. The van der Waals surface area contributed by atoms with Crippen molar-refractivity contribution in [1.29, 1.82) is 0 Å². The molecule has 0 bridgehead atoms. The maximum absolute atomic E-state index is 11.0. The summed E-state index contributed by atoms with van der Waals surface area (Å²) >= 11 is 5.68. The molecule has 0 atom stereocenters. The zero-order valence-corrected chi connectivity index (χ0v) is 11.7. The summed E-state index contributed by atoms with van der Waals surface area (Å²) < 4.78 is 35.9. The monoisotopic (exact) mass is 316 g/mol. The van der Waals surface area contributed by atoms with Crippen molar-refractivity contribution in [3.8, 4) is 6.01 Å². The van der Waals surface area contributed by atoms with E-state index in [9.17, 15) is 8.42 Å². The Balaban J connectivity index is 2.33. The number of benzene rings is 1. The second-order valence-corrected chi connectivity index (χ2v) is 5.30. The minimum atomic E-state index is -4.28. The molecule has 0 fully saturated rings. The first-order valence-corrected chi connectivity index (χ1v) is 7.00. The van der Waals surface area contributed by atoms with Gasteiger partial charge in [-0.15, -0.1) is 0 Å². The fraction of sp³-hybridized carbons (Fsp3) is 0.100. The van der Waals surface area contributed by atoms with E-state index in [2.05, 4.69) is 20.3 Å². The highest BCUT2D eigenvalue weighted by Crippen LogP contribution is 2.19. The van der Waals surface area contributed by atoms with Crippen LogP contribution in [-0.2, 0) is 10.1 Å². The summed E-state index contributed by atoms with van der Waals surface area (Å²) in [5, 5.41) is 2.65. The number of nitrogens with one attached hydrogen (secondary N) is 1. The highest BCUT2D eigenvalue weighted by molar-refractivity contribution is 7.85. The van der Waals surface area contributed by atoms with Gasteiger partial charge in [-0.2, -0.15) is 23.4 Å². The van der Waals surface area contributed by atoms with Gasteiger partial charge in [0.2, 0.25) is 11.2 Å². The molecule has 1 heterocycles. The fourth-order valence-corrected chi connectivity index (χ4v) is 2.02. The molecule has 0 saturated heterocycles. The van der Waals surface area contributed by atoms with Crippen molar-refractivity contribution in [3.05, 3.63) is 29.5 Å². The summed E-state index contributed by atoms with van der Waals surface area (Å²) in [5.41, 5.74) is 0.351. The second-order valence-electron chi connectivity index (χ2n) is 3.54. The summed E-state index contributed by atoms with van der Waals surface area (Å²) in [6.07, 6.45) is 0. The average Bonchev–Trinajstić information content (AvgIpc) is 2.37. The van der Waals surface area contributed by atoms with Crippen LogP contribution in [0.25, 0.3) is 0 Å². The molecule has 10 heteroatoms. The molecule has 8 nitrogen and oxygen atoms in total. The Bertz CT molecular complexity index is 738. The van der Waals surface area contributed by atoms with Gasteiger partial charge in [0.05, 0.1) is 12.0 Å². The van der Waals surface area contributed by atoms with Gasteiger partial charge in [0.1, 0.15) is 0 Å². The quantitative estimate of drug-likeness (QED) is 0.816. The van der Waals surface area contributed by atoms with E-state index in [-0.39, 0.29) is 22.1 Å². The molecule has 0 aliphatic heterocycles. The van der Waals surface area contributed by atoms with Crippen LogP contribution in [0.2, 0.25) is 5.28 Å². The SMILES string of the molecule is COc1nc(Cl)nc(Nc2cccc(S(=O)(=O)O)c2)n1. The lowest BCUT2D eigenvalue weighted by Crippen LogP contribution is -2.03. The van der Waals surface area contributed by atoms with Crippen molar-refractivity contribution >= 4 is 33.4 Å². The van der Waals surface area contributed by atoms with Crippen molar-refractivity contribution < 1.29 is 17.7 Å². The first-order chi connectivity index (χ1) is 9.38. The summed E-state index contributed by atoms with van der Waals surface area (Å²) in [6, 6.07) is 5.50. The Hall–Kier alpha value is -1.97. The zero-order chi connectivity index (χ0) is 14.8. The van der Waals surface area contributed by atoms with E-state index in [0.717, 1.165) is 0 Å². The molecular weight excluding hydrogens is 308 g/mol. The largest absolute Gasteiger partial charge is 0.467 e. The van der Waals surface area contributed by atoms with E-state index in [0.29, 0.717) is 5.69 Å². The van der Waals surface area contributed by atoms with Crippen molar-refractivity contribution in [2.24, 2.45) is 0 Å². The third kappa shape index (κ3) is 3.53. The number of aromatic nitrogens is 3. The Morgan fingerprint density at radius 3 is 2.70 bits per heavy atom. The van der Waals surface area contributed by atoms with Gasteiger partial charge < -0.3 is 10.1 Å². The van der Waals surface area contributed by atoms with Gasteiger partial charge in [0.25, 0.3) is 10.1 Å². The number of hydrogen-bond donors (Lipinski definition) is 2. The number of hydrogen-bond acceptors (Lipinski definition) is 7. The van der Waals surface area contributed by atoms with E-state index in [1.807, 2.05) is 0 Å². The Kier molecular flexibility index (Phi) is 4.02. The number of halogens is 1. The fourth-order valence-electron chi connectivity index (χ4n) is 1.34. The number of nitrogens with zero attached hydrogens (tertiary/aromatic N) is 3. The lowest BCUT2D eigenvalue weighted by molar-refractivity contribution is 0.379. The summed E-state index contributed by atoms with van der Waals surface area (Å²) in [7, 11) is -2.91.